The van der Waals surface area contributed by atoms with Crippen LogP contribution in [0, 0.1) is 10.1 Å². The highest BCUT2D eigenvalue weighted by Gasteiger charge is 2.07. The molecule has 1 aromatic heterocycles. The van der Waals surface area contributed by atoms with Gasteiger partial charge in [-0.25, -0.2) is 4.98 Å². The molecular weight excluding hydrogens is 404 g/mol. The topological polar surface area (TPSA) is 89.7 Å². The minimum absolute atomic E-state index is 0.0152. The van der Waals surface area contributed by atoms with E-state index in [4.69, 9.17) is 9.72 Å². The summed E-state index contributed by atoms with van der Waals surface area (Å²) in [5.41, 5.74) is 7.04. The second kappa shape index (κ2) is 9.53. The molecule has 0 aliphatic heterocycles. The van der Waals surface area contributed by atoms with Crippen LogP contribution in [0.3, 0.4) is 0 Å². The maximum atomic E-state index is 11.0. The molecule has 7 nitrogen and oxygen atoms in total. The summed E-state index contributed by atoms with van der Waals surface area (Å²) in [5, 5.41) is 16.1. The van der Waals surface area contributed by atoms with Gasteiger partial charge in [0.2, 0.25) is 0 Å². The molecule has 0 saturated carbocycles. The number of hydrogen-bond donors (Lipinski definition) is 1. The Balaban J connectivity index is 1.67. The number of nitro benzene ring substituents is 1. The molecule has 0 radical (unpaired) electrons. The molecule has 0 aliphatic carbocycles. The number of fused-ring (bicyclic) bond motifs is 1. The zero-order valence-electron chi connectivity index (χ0n) is 17.3. The van der Waals surface area contributed by atoms with Crippen molar-refractivity contribution in [1.82, 2.24) is 4.98 Å². The van der Waals surface area contributed by atoms with Gasteiger partial charge in [0.15, 0.2) is 0 Å². The van der Waals surface area contributed by atoms with Crippen LogP contribution in [0.5, 0.6) is 5.75 Å². The molecule has 158 valence electrons. The maximum absolute atomic E-state index is 11.0. The third kappa shape index (κ3) is 4.96. The normalized spacial score (nSPS) is 11.3. The van der Waals surface area contributed by atoms with E-state index < -0.39 is 4.92 Å². The average Bonchev–Trinajstić information content (AvgIpc) is 2.83. The van der Waals surface area contributed by atoms with Crippen LogP contribution < -0.4 is 10.2 Å². The molecule has 0 bridgehead atoms. The van der Waals surface area contributed by atoms with Gasteiger partial charge in [0.1, 0.15) is 5.75 Å². The number of nitro groups is 1. The Morgan fingerprint density at radius 3 is 2.56 bits per heavy atom. The molecule has 7 heteroatoms. The number of benzene rings is 3. The first-order valence-electron chi connectivity index (χ1n) is 9.88. The Morgan fingerprint density at radius 1 is 0.969 bits per heavy atom. The van der Waals surface area contributed by atoms with Gasteiger partial charge in [0.05, 0.1) is 35.1 Å². The second-order valence-corrected chi connectivity index (χ2v) is 6.94. The van der Waals surface area contributed by atoms with Crippen LogP contribution in [0.1, 0.15) is 16.8 Å². The van der Waals surface area contributed by atoms with Gasteiger partial charge in [0.25, 0.3) is 5.69 Å². The summed E-state index contributed by atoms with van der Waals surface area (Å²) in [6.07, 6.45) is 5.47. The van der Waals surface area contributed by atoms with Crippen LogP contribution in [-0.2, 0) is 0 Å². The average molecular weight is 424 g/mol. The number of rotatable bonds is 7. The molecule has 1 N–H and O–H groups in total. The van der Waals surface area contributed by atoms with E-state index in [2.05, 4.69) is 10.5 Å². The van der Waals surface area contributed by atoms with Crippen molar-refractivity contribution >= 4 is 40.6 Å². The number of anilines is 1. The number of nitrogens with one attached hydrogen (secondary N) is 1. The standard InChI is InChI=1S/C25H20N4O3/c1-32-22-12-13-24-23(16-22)25(15-20(27-24)11-10-18-6-3-2-4-7-18)28-26-17-19-8-5-9-21(14-19)29(30)31/h2-17H,1H3,(H,27,28). The van der Waals surface area contributed by atoms with Crippen molar-refractivity contribution in [2.24, 2.45) is 5.10 Å². The predicted octanol–water partition coefficient (Wildman–Crippen LogP) is 5.77. The van der Waals surface area contributed by atoms with Crippen molar-refractivity contribution in [2.45, 2.75) is 0 Å². The lowest BCUT2D eigenvalue weighted by Crippen LogP contribution is -1.96. The molecular formula is C25H20N4O3. The Labute approximate surface area is 184 Å². The summed E-state index contributed by atoms with van der Waals surface area (Å²) in [7, 11) is 1.61. The lowest BCUT2D eigenvalue weighted by molar-refractivity contribution is -0.384. The molecule has 0 atom stereocenters. The van der Waals surface area contributed by atoms with Gasteiger partial charge >= 0.3 is 0 Å². The molecule has 4 rings (SSSR count). The zero-order chi connectivity index (χ0) is 22.3. The Morgan fingerprint density at radius 2 is 1.78 bits per heavy atom. The quantitative estimate of drug-likeness (QED) is 0.231. The fourth-order valence-corrected chi connectivity index (χ4v) is 3.17. The van der Waals surface area contributed by atoms with Gasteiger partial charge in [-0.15, -0.1) is 0 Å². The molecule has 0 fully saturated rings. The van der Waals surface area contributed by atoms with Gasteiger partial charge in [-0.05, 0) is 35.9 Å². The molecule has 1 heterocycles. The number of pyridine rings is 1. The van der Waals surface area contributed by atoms with E-state index in [0.29, 0.717) is 11.3 Å². The monoisotopic (exact) mass is 424 g/mol. The summed E-state index contributed by atoms with van der Waals surface area (Å²) in [5.74, 6) is 0.706. The fourth-order valence-electron chi connectivity index (χ4n) is 3.17. The van der Waals surface area contributed by atoms with Crippen molar-refractivity contribution < 1.29 is 9.66 Å². The molecule has 0 aliphatic rings. The molecule has 0 saturated heterocycles. The second-order valence-electron chi connectivity index (χ2n) is 6.94. The highest BCUT2D eigenvalue weighted by Crippen LogP contribution is 2.28. The van der Waals surface area contributed by atoms with Gasteiger partial charge in [-0.2, -0.15) is 5.10 Å². The number of hydrogen-bond acceptors (Lipinski definition) is 6. The number of nitrogens with zero attached hydrogens (tertiary/aromatic N) is 3. The Kier molecular flexibility index (Phi) is 6.17. The molecule has 0 unspecified atom stereocenters. The minimum Gasteiger partial charge on any atom is -0.497 e. The number of non-ortho nitro benzene ring substituents is 1. The van der Waals surface area contributed by atoms with Crippen molar-refractivity contribution in [3.8, 4) is 5.75 Å². The lowest BCUT2D eigenvalue weighted by Gasteiger charge is -2.09. The zero-order valence-corrected chi connectivity index (χ0v) is 17.3. The number of aromatic nitrogens is 1. The minimum atomic E-state index is -0.432. The summed E-state index contributed by atoms with van der Waals surface area (Å²) in [6, 6.07) is 23.8. The summed E-state index contributed by atoms with van der Waals surface area (Å²) in [4.78, 5) is 15.3. The third-order valence-electron chi connectivity index (χ3n) is 4.76. The number of methoxy groups -OCH3 is 1. The smallest absolute Gasteiger partial charge is 0.270 e. The van der Waals surface area contributed by atoms with Crippen molar-refractivity contribution in [1.29, 1.82) is 0 Å². The van der Waals surface area contributed by atoms with Crippen molar-refractivity contribution in [3.05, 3.63) is 106 Å². The van der Waals surface area contributed by atoms with E-state index in [1.807, 2.05) is 66.7 Å². The fraction of sp³-hybridized carbons (Fsp3) is 0.0400. The van der Waals surface area contributed by atoms with E-state index in [1.54, 1.807) is 25.5 Å². The van der Waals surface area contributed by atoms with E-state index in [9.17, 15) is 10.1 Å². The number of ether oxygens (including phenoxy) is 1. The number of hydrazone groups is 1. The molecule has 0 spiro atoms. The lowest BCUT2D eigenvalue weighted by atomic mass is 10.1. The van der Waals surface area contributed by atoms with Crippen LogP contribution >= 0.6 is 0 Å². The predicted molar refractivity (Wildman–Crippen MR) is 128 cm³/mol. The first-order valence-corrected chi connectivity index (χ1v) is 9.88. The van der Waals surface area contributed by atoms with E-state index in [0.717, 1.165) is 27.8 Å². The first-order chi connectivity index (χ1) is 15.6. The summed E-state index contributed by atoms with van der Waals surface area (Å²) < 4.78 is 5.35. The first kappa shape index (κ1) is 20.7. The van der Waals surface area contributed by atoms with E-state index in [-0.39, 0.29) is 5.69 Å². The summed E-state index contributed by atoms with van der Waals surface area (Å²) >= 11 is 0. The SMILES string of the molecule is COc1ccc2nc(C=Cc3ccccc3)cc(NN=Cc3cccc([N+](=O)[O-])c3)c2c1. The van der Waals surface area contributed by atoms with Crippen molar-refractivity contribution in [3.63, 3.8) is 0 Å². The molecule has 0 amide bonds. The summed E-state index contributed by atoms with van der Waals surface area (Å²) in [6.45, 7) is 0. The third-order valence-corrected chi connectivity index (χ3v) is 4.76. The molecule has 3 aromatic carbocycles. The van der Waals surface area contributed by atoms with Crippen LogP contribution in [-0.4, -0.2) is 23.2 Å². The van der Waals surface area contributed by atoms with Crippen LogP contribution in [0.4, 0.5) is 11.4 Å². The van der Waals surface area contributed by atoms with Gasteiger partial charge in [-0.3, -0.25) is 15.5 Å². The van der Waals surface area contributed by atoms with Gasteiger partial charge in [-0.1, -0.05) is 48.5 Å². The highest BCUT2D eigenvalue weighted by atomic mass is 16.6. The van der Waals surface area contributed by atoms with E-state index in [1.165, 1.54) is 12.1 Å². The van der Waals surface area contributed by atoms with Gasteiger partial charge in [0, 0.05) is 23.1 Å². The maximum Gasteiger partial charge on any atom is 0.270 e. The highest BCUT2D eigenvalue weighted by molar-refractivity contribution is 5.94. The molecule has 32 heavy (non-hydrogen) atoms. The largest absolute Gasteiger partial charge is 0.497 e. The van der Waals surface area contributed by atoms with Crippen LogP contribution in [0.2, 0.25) is 0 Å². The van der Waals surface area contributed by atoms with Crippen molar-refractivity contribution in [2.75, 3.05) is 12.5 Å². The Bertz CT molecular complexity index is 1320. The Hall–Kier alpha value is -4.52. The van der Waals surface area contributed by atoms with E-state index >= 15 is 0 Å². The van der Waals surface area contributed by atoms with Gasteiger partial charge < -0.3 is 4.74 Å². The van der Waals surface area contributed by atoms with Crippen LogP contribution in [0.25, 0.3) is 23.1 Å². The molecule has 4 aromatic rings. The van der Waals surface area contributed by atoms with Crippen LogP contribution in [0.15, 0.2) is 84.0 Å².